The second kappa shape index (κ2) is 5.02. The van der Waals surface area contributed by atoms with Crippen molar-refractivity contribution in [2.75, 3.05) is 0 Å². The highest BCUT2D eigenvalue weighted by molar-refractivity contribution is 7.09. The molecule has 1 aromatic heterocycles. The van der Waals surface area contributed by atoms with E-state index in [0.717, 1.165) is 10.6 Å². The van der Waals surface area contributed by atoms with Gasteiger partial charge in [0.25, 0.3) is 0 Å². The number of aliphatic hydroxyl groups excluding tert-OH is 1. The minimum Gasteiger partial charge on any atom is -0.382 e. The minimum atomic E-state index is -1.01. The van der Waals surface area contributed by atoms with Gasteiger partial charge in [0.05, 0.1) is 10.7 Å². The highest BCUT2D eigenvalue weighted by atomic mass is 32.1. The number of aryl methyl sites for hydroxylation is 1. The molecule has 4 heteroatoms. The number of hydrogen-bond donors (Lipinski definition) is 1. The number of aliphatic hydroxyl groups is 1. The van der Waals surface area contributed by atoms with E-state index in [-0.39, 0.29) is 11.0 Å². The molecule has 0 radical (unpaired) electrons. The lowest BCUT2D eigenvalue weighted by Gasteiger charge is -2.14. The fourth-order valence-corrected chi connectivity index (χ4v) is 2.71. The van der Waals surface area contributed by atoms with Crippen LogP contribution in [0.5, 0.6) is 0 Å². The van der Waals surface area contributed by atoms with Gasteiger partial charge in [-0.25, -0.2) is 9.37 Å². The molecule has 0 bridgehead atoms. The first-order chi connectivity index (χ1) is 8.79. The van der Waals surface area contributed by atoms with Gasteiger partial charge >= 0.3 is 0 Å². The molecule has 102 valence electrons. The average molecular weight is 279 g/mol. The maximum atomic E-state index is 13.8. The van der Waals surface area contributed by atoms with Gasteiger partial charge in [0, 0.05) is 16.4 Å². The number of aromatic nitrogens is 1. The Labute approximate surface area is 116 Å². The Morgan fingerprint density at radius 3 is 2.58 bits per heavy atom. The summed E-state index contributed by atoms with van der Waals surface area (Å²) in [5, 5.41) is 13.0. The molecule has 2 aromatic rings. The molecule has 0 aliphatic carbocycles. The smallest absolute Gasteiger partial charge is 0.129 e. The number of thiazole rings is 1. The van der Waals surface area contributed by atoms with Crippen molar-refractivity contribution in [1.29, 1.82) is 0 Å². The van der Waals surface area contributed by atoms with Crippen LogP contribution in [0.15, 0.2) is 23.6 Å². The topological polar surface area (TPSA) is 33.1 Å². The minimum absolute atomic E-state index is 0.0617. The number of nitrogens with zero attached hydrogens (tertiary/aromatic N) is 1. The Morgan fingerprint density at radius 2 is 2.00 bits per heavy atom. The molecule has 2 rings (SSSR count). The zero-order chi connectivity index (χ0) is 14.2. The number of halogens is 1. The molecule has 1 N–H and O–H groups in total. The molecular formula is C15H18FNOS. The van der Waals surface area contributed by atoms with E-state index < -0.39 is 11.9 Å². The van der Waals surface area contributed by atoms with Gasteiger partial charge in [-0.1, -0.05) is 38.5 Å². The Kier molecular flexibility index (Phi) is 3.74. The first kappa shape index (κ1) is 14.2. The van der Waals surface area contributed by atoms with Gasteiger partial charge in [-0.3, -0.25) is 0 Å². The maximum absolute atomic E-state index is 13.8. The predicted octanol–water partition coefficient (Wildman–Crippen LogP) is 3.97. The maximum Gasteiger partial charge on any atom is 0.129 e. The Hall–Kier alpha value is -1.26. The van der Waals surface area contributed by atoms with Crippen LogP contribution in [-0.4, -0.2) is 10.1 Å². The Bertz CT molecular complexity index is 586. The predicted molar refractivity (Wildman–Crippen MR) is 76.0 cm³/mol. The monoisotopic (exact) mass is 279 g/mol. The van der Waals surface area contributed by atoms with E-state index in [4.69, 9.17) is 0 Å². The molecule has 1 unspecified atom stereocenters. The third kappa shape index (κ3) is 3.01. The summed E-state index contributed by atoms with van der Waals surface area (Å²) in [5.74, 6) is -0.400. The summed E-state index contributed by atoms with van der Waals surface area (Å²) in [6.07, 6.45) is -1.01. The molecule has 1 heterocycles. The molecule has 0 aliphatic heterocycles. The summed E-state index contributed by atoms with van der Waals surface area (Å²) < 4.78 is 13.8. The van der Waals surface area contributed by atoms with Gasteiger partial charge in [-0.15, -0.1) is 11.3 Å². The largest absolute Gasteiger partial charge is 0.382 e. The summed E-state index contributed by atoms with van der Waals surface area (Å²) in [7, 11) is 0. The lowest BCUT2D eigenvalue weighted by atomic mass is 9.98. The lowest BCUT2D eigenvalue weighted by Crippen LogP contribution is -2.11. The van der Waals surface area contributed by atoms with Crippen LogP contribution in [0.2, 0.25) is 0 Å². The SMILES string of the molecule is Cc1ccc(F)c(C(O)c2csc(C(C)(C)C)n2)c1. The lowest BCUT2D eigenvalue weighted by molar-refractivity contribution is 0.210. The highest BCUT2D eigenvalue weighted by Gasteiger charge is 2.22. The molecule has 0 fully saturated rings. The summed E-state index contributed by atoms with van der Waals surface area (Å²) in [6.45, 7) is 8.07. The van der Waals surface area contributed by atoms with Crippen molar-refractivity contribution in [2.24, 2.45) is 0 Å². The second-order valence-electron chi connectivity index (χ2n) is 5.76. The molecule has 1 aromatic carbocycles. The van der Waals surface area contributed by atoms with Crippen molar-refractivity contribution < 1.29 is 9.50 Å². The third-order valence-electron chi connectivity index (χ3n) is 2.89. The highest BCUT2D eigenvalue weighted by Crippen LogP contribution is 2.31. The van der Waals surface area contributed by atoms with Gasteiger partial charge in [-0.05, 0) is 13.0 Å². The van der Waals surface area contributed by atoms with Crippen molar-refractivity contribution in [3.63, 3.8) is 0 Å². The van der Waals surface area contributed by atoms with Gasteiger partial charge in [0.1, 0.15) is 11.9 Å². The molecular weight excluding hydrogens is 261 g/mol. The Morgan fingerprint density at radius 1 is 1.32 bits per heavy atom. The van der Waals surface area contributed by atoms with E-state index in [1.807, 2.05) is 6.92 Å². The molecule has 1 atom stereocenters. The van der Waals surface area contributed by atoms with Crippen LogP contribution in [0.4, 0.5) is 4.39 Å². The summed E-state index contributed by atoms with van der Waals surface area (Å²) in [4.78, 5) is 4.43. The Balaban J connectivity index is 2.36. The molecule has 0 spiro atoms. The van der Waals surface area contributed by atoms with E-state index in [2.05, 4.69) is 25.8 Å². The van der Waals surface area contributed by atoms with Gasteiger partial charge in [0.2, 0.25) is 0 Å². The van der Waals surface area contributed by atoms with E-state index in [1.54, 1.807) is 17.5 Å². The molecule has 0 amide bonds. The van der Waals surface area contributed by atoms with Crippen LogP contribution in [-0.2, 0) is 5.41 Å². The van der Waals surface area contributed by atoms with E-state index >= 15 is 0 Å². The van der Waals surface area contributed by atoms with Crippen LogP contribution in [0, 0.1) is 12.7 Å². The zero-order valence-corrected chi connectivity index (χ0v) is 12.4. The zero-order valence-electron chi connectivity index (χ0n) is 11.6. The fraction of sp³-hybridized carbons (Fsp3) is 0.400. The first-order valence-corrected chi connectivity index (χ1v) is 7.07. The van der Waals surface area contributed by atoms with Gasteiger partial charge in [0.15, 0.2) is 0 Å². The number of hydrogen-bond acceptors (Lipinski definition) is 3. The summed E-state index contributed by atoms with van der Waals surface area (Å²) in [5.41, 5.74) is 1.65. The van der Waals surface area contributed by atoms with E-state index in [9.17, 15) is 9.50 Å². The van der Waals surface area contributed by atoms with Gasteiger partial charge in [-0.2, -0.15) is 0 Å². The van der Waals surface area contributed by atoms with E-state index in [1.165, 1.54) is 17.4 Å². The van der Waals surface area contributed by atoms with E-state index in [0.29, 0.717) is 5.69 Å². The van der Waals surface area contributed by atoms with Crippen molar-refractivity contribution in [3.05, 3.63) is 51.2 Å². The standard InChI is InChI=1S/C15H18FNOS/c1-9-5-6-11(16)10(7-9)13(18)12-8-19-14(17-12)15(2,3)4/h5-8,13,18H,1-4H3. The molecule has 2 nitrogen and oxygen atoms in total. The third-order valence-corrected chi connectivity index (χ3v) is 4.18. The average Bonchev–Trinajstić information content (AvgIpc) is 2.80. The number of rotatable bonds is 2. The van der Waals surface area contributed by atoms with Crippen LogP contribution in [0.1, 0.15) is 48.7 Å². The molecule has 19 heavy (non-hydrogen) atoms. The van der Waals surface area contributed by atoms with Crippen molar-refractivity contribution in [2.45, 2.75) is 39.2 Å². The first-order valence-electron chi connectivity index (χ1n) is 6.19. The van der Waals surface area contributed by atoms with Crippen molar-refractivity contribution in [3.8, 4) is 0 Å². The van der Waals surface area contributed by atoms with Crippen LogP contribution < -0.4 is 0 Å². The van der Waals surface area contributed by atoms with Crippen molar-refractivity contribution >= 4 is 11.3 Å². The molecule has 0 aliphatic rings. The number of benzene rings is 1. The van der Waals surface area contributed by atoms with Crippen LogP contribution in [0.25, 0.3) is 0 Å². The van der Waals surface area contributed by atoms with Crippen molar-refractivity contribution in [1.82, 2.24) is 4.98 Å². The van der Waals surface area contributed by atoms with Gasteiger partial charge < -0.3 is 5.11 Å². The summed E-state index contributed by atoms with van der Waals surface area (Å²) >= 11 is 1.50. The summed E-state index contributed by atoms with van der Waals surface area (Å²) in [6, 6.07) is 4.73. The van der Waals surface area contributed by atoms with Crippen LogP contribution in [0.3, 0.4) is 0 Å². The quantitative estimate of drug-likeness (QED) is 0.902. The van der Waals surface area contributed by atoms with Crippen LogP contribution >= 0.6 is 11.3 Å². The fourth-order valence-electron chi connectivity index (χ4n) is 1.79. The molecule has 0 saturated carbocycles. The second-order valence-corrected chi connectivity index (χ2v) is 6.61. The molecule has 0 saturated heterocycles. The normalized spacial score (nSPS) is 13.6.